The van der Waals surface area contributed by atoms with Gasteiger partial charge >= 0.3 is 0 Å². The SMILES string of the molecule is C[C@@H](NC1COc2cc(O)ccc21)c1ccccc1Br. The first kappa shape index (κ1) is 13.5. The van der Waals surface area contributed by atoms with E-state index in [4.69, 9.17) is 4.74 Å². The molecule has 0 aliphatic carbocycles. The molecule has 104 valence electrons. The second-order valence-electron chi connectivity index (χ2n) is 5.00. The number of ether oxygens (including phenoxy) is 1. The van der Waals surface area contributed by atoms with Gasteiger partial charge in [-0.2, -0.15) is 0 Å². The second kappa shape index (κ2) is 5.46. The Balaban J connectivity index is 1.79. The molecule has 2 aromatic rings. The summed E-state index contributed by atoms with van der Waals surface area (Å²) in [6.45, 7) is 2.73. The molecule has 1 unspecified atom stereocenters. The number of phenolic OH excluding ortho intramolecular Hbond substituents is 1. The Bertz CT molecular complexity index is 630. The average molecular weight is 334 g/mol. The fourth-order valence-corrected chi connectivity index (χ4v) is 3.18. The van der Waals surface area contributed by atoms with E-state index in [9.17, 15) is 5.11 Å². The van der Waals surface area contributed by atoms with Gasteiger partial charge in [-0.05, 0) is 30.7 Å². The molecule has 3 nitrogen and oxygen atoms in total. The van der Waals surface area contributed by atoms with Crippen molar-refractivity contribution in [3.63, 3.8) is 0 Å². The molecule has 2 aromatic carbocycles. The molecule has 20 heavy (non-hydrogen) atoms. The minimum absolute atomic E-state index is 0.146. The smallest absolute Gasteiger partial charge is 0.127 e. The van der Waals surface area contributed by atoms with Gasteiger partial charge in [0, 0.05) is 22.1 Å². The molecule has 4 heteroatoms. The Morgan fingerprint density at radius 3 is 2.90 bits per heavy atom. The molecule has 1 aliphatic heterocycles. The van der Waals surface area contributed by atoms with Crippen molar-refractivity contribution < 1.29 is 9.84 Å². The molecule has 0 fully saturated rings. The van der Waals surface area contributed by atoms with Crippen molar-refractivity contribution in [2.45, 2.75) is 19.0 Å². The van der Waals surface area contributed by atoms with Crippen LogP contribution in [-0.4, -0.2) is 11.7 Å². The van der Waals surface area contributed by atoms with Gasteiger partial charge < -0.3 is 15.2 Å². The van der Waals surface area contributed by atoms with Crippen molar-refractivity contribution in [1.29, 1.82) is 0 Å². The standard InChI is InChI=1S/C16H16BrNO2/c1-10(12-4-2-3-5-14(12)17)18-15-9-20-16-8-11(19)6-7-13(15)16/h2-8,10,15,18-19H,9H2,1H3/t10-,15?/m1/s1. The monoisotopic (exact) mass is 333 g/mol. The number of phenols is 1. The highest BCUT2D eigenvalue weighted by molar-refractivity contribution is 9.10. The molecule has 0 radical (unpaired) electrons. The first-order chi connectivity index (χ1) is 9.65. The molecular formula is C16H16BrNO2. The van der Waals surface area contributed by atoms with E-state index in [-0.39, 0.29) is 17.8 Å². The molecule has 0 spiro atoms. The second-order valence-corrected chi connectivity index (χ2v) is 5.85. The van der Waals surface area contributed by atoms with Gasteiger partial charge in [-0.15, -0.1) is 0 Å². The molecule has 0 saturated carbocycles. The molecule has 2 N–H and O–H groups in total. The van der Waals surface area contributed by atoms with E-state index in [1.54, 1.807) is 12.1 Å². The Labute approximate surface area is 126 Å². The van der Waals surface area contributed by atoms with Crippen molar-refractivity contribution in [1.82, 2.24) is 5.32 Å². The fourth-order valence-electron chi connectivity index (χ4n) is 2.55. The number of hydrogen-bond donors (Lipinski definition) is 2. The minimum atomic E-state index is 0.146. The summed E-state index contributed by atoms with van der Waals surface area (Å²) < 4.78 is 6.73. The number of aromatic hydroxyl groups is 1. The Morgan fingerprint density at radius 1 is 1.30 bits per heavy atom. The maximum Gasteiger partial charge on any atom is 0.127 e. The average Bonchev–Trinajstić information content (AvgIpc) is 2.81. The maximum absolute atomic E-state index is 9.47. The lowest BCUT2D eigenvalue weighted by Crippen LogP contribution is -2.25. The molecule has 2 atom stereocenters. The van der Waals surface area contributed by atoms with E-state index >= 15 is 0 Å². The topological polar surface area (TPSA) is 41.5 Å². The molecule has 0 amide bonds. The summed E-state index contributed by atoms with van der Waals surface area (Å²) in [5.41, 5.74) is 2.32. The van der Waals surface area contributed by atoms with Gasteiger partial charge in [0.25, 0.3) is 0 Å². The largest absolute Gasteiger partial charge is 0.508 e. The van der Waals surface area contributed by atoms with E-state index in [0.29, 0.717) is 6.61 Å². The molecular weight excluding hydrogens is 318 g/mol. The van der Waals surface area contributed by atoms with E-state index in [1.807, 2.05) is 24.3 Å². The lowest BCUT2D eigenvalue weighted by Gasteiger charge is -2.20. The third-order valence-electron chi connectivity index (χ3n) is 3.60. The van der Waals surface area contributed by atoms with Crippen LogP contribution < -0.4 is 10.1 Å². The third-order valence-corrected chi connectivity index (χ3v) is 4.32. The lowest BCUT2D eigenvalue weighted by atomic mass is 10.0. The summed E-state index contributed by atoms with van der Waals surface area (Å²) in [6, 6.07) is 13.8. The molecule has 0 saturated heterocycles. The summed E-state index contributed by atoms with van der Waals surface area (Å²) in [7, 11) is 0. The highest BCUT2D eigenvalue weighted by Crippen LogP contribution is 2.36. The lowest BCUT2D eigenvalue weighted by molar-refractivity contribution is 0.300. The number of benzene rings is 2. The number of hydrogen-bond acceptors (Lipinski definition) is 3. The van der Waals surface area contributed by atoms with Crippen LogP contribution in [0.2, 0.25) is 0 Å². The number of fused-ring (bicyclic) bond motifs is 1. The highest BCUT2D eigenvalue weighted by Gasteiger charge is 2.26. The van der Waals surface area contributed by atoms with Crippen LogP contribution in [-0.2, 0) is 0 Å². The van der Waals surface area contributed by atoms with Gasteiger partial charge in [0.15, 0.2) is 0 Å². The van der Waals surface area contributed by atoms with Crippen LogP contribution in [0.25, 0.3) is 0 Å². The van der Waals surface area contributed by atoms with Gasteiger partial charge in [0.1, 0.15) is 18.1 Å². The van der Waals surface area contributed by atoms with Crippen LogP contribution in [0.5, 0.6) is 11.5 Å². The normalized spacial score (nSPS) is 18.4. The molecule has 1 aliphatic rings. The van der Waals surface area contributed by atoms with Gasteiger partial charge in [0.2, 0.25) is 0 Å². The zero-order valence-corrected chi connectivity index (χ0v) is 12.7. The first-order valence-electron chi connectivity index (χ1n) is 6.61. The van der Waals surface area contributed by atoms with E-state index in [2.05, 4.69) is 34.2 Å². The Kier molecular flexibility index (Phi) is 3.68. The Morgan fingerprint density at radius 2 is 2.10 bits per heavy atom. The highest BCUT2D eigenvalue weighted by atomic mass is 79.9. The van der Waals surface area contributed by atoms with Crippen LogP contribution in [0.4, 0.5) is 0 Å². The first-order valence-corrected chi connectivity index (χ1v) is 7.40. The number of nitrogens with one attached hydrogen (secondary N) is 1. The van der Waals surface area contributed by atoms with Crippen LogP contribution >= 0.6 is 15.9 Å². The summed E-state index contributed by atoms with van der Waals surface area (Å²) in [5.74, 6) is 1.00. The van der Waals surface area contributed by atoms with Crippen LogP contribution in [0.15, 0.2) is 46.9 Å². The van der Waals surface area contributed by atoms with Crippen molar-refractivity contribution in [2.24, 2.45) is 0 Å². The van der Waals surface area contributed by atoms with Crippen molar-refractivity contribution >= 4 is 15.9 Å². The summed E-state index contributed by atoms with van der Waals surface area (Å²) in [6.07, 6.45) is 0. The van der Waals surface area contributed by atoms with Gasteiger partial charge in [-0.1, -0.05) is 34.1 Å². The van der Waals surface area contributed by atoms with Gasteiger partial charge in [0.05, 0.1) is 6.04 Å². The molecule has 0 aromatic heterocycles. The fraction of sp³-hybridized carbons (Fsp3) is 0.250. The molecule has 3 rings (SSSR count). The zero-order valence-electron chi connectivity index (χ0n) is 11.1. The third kappa shape index (κ3) is 2.53. The van der Waals surface area contributed by atoms with E-state index < -0.39 is 0 Å². The van der Waals surface area contributed by atoms with Crippen molar-refractivity contribution in [2.75, 3.05) is 6.61 Å². The molecule has 1 heterocycles. The van der Waals surface area contributed by atoms with E-state index in [1.165, 1.54) is 5.56 Å². The summed E-state index contributed by atoms with van der Waals surface area (Å²) in [4.78, 5) is 0. The van der Waals surface area contributed by atoms with Crippen LogP contribution in [0.1, 0.15) is 30.1 Å². The molecule has 0 bridgehead atoms. The Hall–Kier alpha value is -1.52. The predicted molar refractivity (Wildman–Crippen MR) is 82.0 cm³/mol. The van der Waals surface area contributed by atoms with Gasteiger partial charge in [-0.25, -0.2) is 0 Å². The van der Waals surface area contributed by atoms with Gasteiger partial charge in [-0.3, -0.25) is 0 Å². The van der Waals surface area contributed by atoms with Crippen molar-refractivity contribution in [3.05, 3.63) is 58.1 Å². The summed E-state index contributed by atoms with van der Waals surface area (Å²) >= 11 is 3.58. The van der Waals surface area contributed by atoms with Crippen molar-refractivity contribution in [3.8, 4) is 11.5 Å². The summed E-state index contributed by atoms with van der Waals surface area (Å²) in [5, 5.41) is 13.0. The van der Waals surface area contributed by atoms with Crippen LogP contribution in [0, 0.1) is 0 Å². The van der Waals surface area contributed by atoms with E-state index in [0.717, 1.165) is 15.8 Å². The quantitative estimate of drug-likeness (QED) is 0.893. The number of rotatable bonds is 3. The zero-order chi connectivity index (χ0) is 14.1. The number of halogens is 1. The maximum atomic E-state index is 9.47. The van der Waals surface area contributed by atoms with Crippen LogP contribution in [0.3, 0.4) is 0 Å². The minimum Gasteiger partial charge on any atom is -0.508 e. The predicted octanol–water partition coefficient (Wildman–Crippen LogP) is 3.94.